The largest absolute Gasteiger partial charge is 0.481 e. The van der Waals surface area contributed by atoms with Gasteiger partial charge in [0.2, 0.25) is 0 Å². The highest BCUT2D eigenvalue weighted by Crippen LogP contribution is 2.01. The van der Waals surface area contributed by atoms with Crippen LogP contribution < -0.4 is 0 Å². The molecule has 0 saturated carbocycles. The molecule has 0 radical (unpaired) electrons. The van der Waals surface area contributed by atoms with Crippen LogP contribution in [0.1, 0.15) is 45.4 Å². The van der Waals surface area contributed by atoms with Crippen molar-refractivity contribution >= 4 is 5.97 Å². The predicted molar refractivity (Wildman–Crippen MR) is 98.7 cm³/mol. The summed E-state index contributed by atoms with van der Waals surface area (Å²) in [5.41, 5.74) is 0. The molecule has 0 saturated heterocycles. The summed E-state index contributed by atoms with van der Waals surface area (Å²) in [5.74, 6) is -0.775. The van der Waals surface area contributed by atoms with Crippen molar-refractivity contribution in [3.05, 3.63) is 60.8 Å². The average Bonchev–Trinajstić information content (AvgIpc) is 2.55. The lowest BCUT2D eigenvalue weighted by Gasteiger charge is -1.99. The summed E-state index contributed by atoms with van der Waals surface area (Å²) in [6.45, 7) is 1.93. The van der Waals surface area contributed by atoms with Crippen LogP contribution in [0.3, 0.4) is 0 Å². The number of carbonyl (C=O) groups is 1. The molecule has 134 valence electrons. The fraction of sp³-hybridized carbons (Fsp3) is 0.450. The van der Waals surface area contributed by atoms with Gasteiger partial charge in [-0.2, -0.15) is 0 Å². The molecule has 0 amide bonds. The van der Waals surface area contributed by atoms with E-state index in [9.17, 15) is 15.0 Å². The predicted octanol–water partition coefficient (Wildman–Crippen LogP) is 3.93. The molecule has 0 spiro atoms. The molecule has 3 N–H and O–H groups in total. The number of unbranched alkanes of at least 4 members (excludes halogenated alkanes) is 1. The van der Waals surface area contributed by atoms with E-state index in [-0.39, 0.29) is 12.5 Å². The Balaban J connectivity index is 3.77. The lowest BCUT2D eigenvalue weighted by atomic mass is 10.2. The van der Waals surface area contributed by atoms with E-state index >= 15 is 0 Å². The number of hydrogen-bond donors (Lipinski definition) is 3. The lowest BCUT2D eigenvalue weighted by Crippen LogP contribution is -1.98. The summed E-state index contributed by atoms with van der Waals surface area (Å²) in [6.07, 6.45) is 21.3. The number of carboxylic acids is 1. The Hall–Kier alpha value is -1.91. The van der Waals surface area contributed by atoms with Gasteiger partial charge < -0.3 is 15.3 Å². The number of aliphatic carboxylic acids is 1. The zero-order valence-electron chi connectivity index (χ0n) is 14.4. The minimum absolute atomic E-state index is 0.182. The van der Waals surface area contributed by atoms with Gasteiger partial charge in [-0.15, -0.1) is 0 Å². The van der Waals surface area contributed by atoms with Crippen LogP contribution in [0, 0.1) is 0 Å². The molecular weight excluding hydrogens is 304 g/mol. The molecule has 0 aliphatic rings. The van der Waals surface area contributed by atoms with Gasteiger partial charge in [0, 0.05) is 6.42 Å². The third-order valence-corrected chi connectivity index (χ3v) is 3.16. The number of aliphatic hydroxyl groups is 2. The smallest absolute Gasteiger partial charge is 0.303 e. The van der Waals surface area contributed by atoms with Crippen LogP contribution in [0.15, 0.2) is 60.8 Å². The molecule has 4 nitrogen and oxygen atoms in total. The third-order valence-electron chi connectivity index (χ3n) is 3.16. The summed E-state index contributed by atoms with van der Waals surface area (Å²) >= 11 is 0. The number of aliphatic hydroxyl groups excluding tert-OH is 2. The van der Waals surface area contributed by atoms with Crippen molar-refractivity contribution in [2.24, 2.45) is 0 Å². The standard InChI is InChI=1S/C20H30O4/c1-2-18(21)14-10-6-4-3-5-7-11-15-19(22)16-12-8-9-13-17-20(23)24/h4-8,10-12,14-15,18-19,21-22H,2-3,9,13,16-17H2,1H3,(H,23,24)/b6-4+,7-5+,12-8+,14-10+,15-11+. The molecule has 2 unspecified atom stereocenters. The van der Waals surface area contributed by atoms with Crippen LogP contribution in [0.5, 0.6) is 0 Å². The van der Waals surface area contributed by atoms with Gasteiger partial charge in [0.15, 0.2) is 0 Å². The molecule has 0 aromatic rings. The summed E-state index contributed by atoms with van der Waals surface area (Å²) < 4.78 is 0. The summed E-state index contributed by atoms with van der Waals surface area (Å²) in [6, 6.07) is 0. The molecule has 0 aromatic heterocycles. The van der Waals surface area contributed by atoms with Crippen LogP contribution in [-0.2, 0) is 4.79 Å². The van der Waals surface area contributed by atoms with Gasteiger partial charge in [-0.25, -0.2) is 0 Å². The maximum atomic E-state index is 10.3. The van der Waals surface area contributed by atoms with Crippen molar-refractivity contribution in [1.82, 2.24) is 0 Å². The van der Waals surface area contributed by atoms with Gasteiger partial charge in [-0.05, 0) is 32.1 Å². The highest BCUT2D eigenvalue weighted by Gasteiger charge is 1.95. The fourth-order valence-corrected chi connectivity index (χ4v) is 1.72. The molecule has 0 heterocycles. The first-order valence-corrected chi connectivity index (χ1v) is 8.45. The van der Waals surface area contributed by atoms with Gasteiger partial charge in [0.25, 0.3) is 0 Å². The van der Waals surface area contributed by atoms with Gasteiger partial charge in [0.1, 0.15) is 0 Å². The Morgan fingerprint density at radius 2 is 1.54 bits per heavy atom. The molecule has 24 heavy (non-hydrogen) atoms. The number of allylic oxidation sites excluding steroid dienone is 7. The quantitative estimate of drug-likeness (QED) is 0.271. The first-order chi connectivity index (χ1) is 11.6. The van der Waals surface area contributed by atoms with Gasteiger partial charge in [-0.1, -0.05) is 67.7 Å². The maximum Gasteiger partial charge on any atom is 0.303 e. The Bertz CT molecular complexity index is 458. The maximum absolute atomic E-state index is 10.3. The minimum atomic E-state index is -0.775. The SMILES string of the molecule is CCC(O)/C=C/C=C/C/C=C/C=C/C(O)C/C=C/CCCC(=O)O. The highest BCUT2D eigenvalue weighted by molar-refractivity contribution is 5.66. The second kappa shape index (κ2) is 16.0. The zero-order valence-corrected chi connectivity index (χ0v) is 14.4. The zero-order chi connectivity index (χ0) is 18.0. The summed E-state index contributed by atoms with van der Waals surface area (Å²) in [5, 5.41) is 27.5. The number of rotatable bonds is 13. The Labute approximate surface area is 145 Å². The second-order valence-electron chi connectivity index (χ2n) is 5.40. The van der Waals surface area contributed by atoms with E-state index < -0.39 is 12.1 Å². The number of hydrogen-bond acceptors (Lipinski definition) is 3. The Kier molecular flexibility index (Phi) is 14.7. The van der Waals surface area contributed by atoms with E-state index in [1.165, 1.54) is 0 Å². The van der Waals surface area contributed by atoms with Crippen LogP contribution >= 0.6 is 0 Å². The van der Waals surface area contributed by atoms with E-state index in [0.717, 1.165) is 19.3 Å². The first-order valence-electron chi connectivity index (χ1n) is 8.45. The molecule has 0 bridgehead atoms. The normalized spacial score (nSPS) is 15.5. The summed E-state index contributed by atoms with van der Waals surface area (Å²) in [4.78, 5) is 10.3. The van der Waals surface area contributed by atoms with E-state index in [1.807, 2.05) is 55.5 Å². The van der Waals surface area contributed by atoms with Crippen molar-refractivity contribution in [2.45, 2.75) is 57.7 Å². The van der Waals surface area contributed by atoms with Gasteiger partial charge in [-0.3, -0.25) is 4.79 Å². The minimum Gasteiger partial charge on any atom is -0.481 e. The Morgan fingerprint density at radius 1 is 0.917 bits per heavy atom. The van der Waals surface area contributed by atoms with Crippen LogP contribution in [-0.4, -0.2) is 33.5 Å². The van der Waals surface area contributed by atoms with Crippen LogP contribution in [0.25, 0.3) is 0 Å². The number of carboxylic acid groups (broad SMARTS) is 1. The van der Waals surface area contributed by atoms with Gasteiger partial charge in [0.05, 0.1) is 12.2 Å². The van der Waals surface area contributed by atoms with E-state index in [0.29, 0.717) is 12.8 Å². The molecule has 0 aliphatic carbocycles. The lowest BCUT2D eigenvalue weighted by molar-refractivity contribution is -0.137. The van der Waals surface area contributed by atoms with E-state index in [2.05, 4.69) is 0 Å². The van der Waals surface area contributed by atoms with Gasteiger partial charge >= 0.3 is 5.97 Å². The molecule has 0 aromatic carbocycles. The third kappa shape index (κ3) is 16.5. The van der Waals surface area contributed by atoms with Crippen molar-refractivity contribution in [3.63, 3.8) is 0 Å². The van der Waals surface area contributed by atoms with Crippen molar-refractivity contribution in [2.75, 3.05) is 0 Å². The van der Waals surface area contributed by atoms with E-state index in [4.69, 9.17) is 5.11 Å². The van der Waals surface area contributed by atoms with Crippen molar-refractivity contribution in [1.29, 1.82) is 0 Å². The van der Waals surface area contributed by atoms with Crippen LogP contribution in [0.4, 0.5) is 0 Å². The molecule has 0 aliphatic heterocycles. The fourth-order valence-electron chi connectivity index (χ4n) is 1.72. The second-order valence-corrected chi connectivity index (χ2v) is 5.40. The van der Waals surface area contributed by atoms with Crippen molar-refractivity contribution < 1.29 is 20.1 Å². The Morgan fingerprint density at radius 3 is 2.12 bits per heavy atom. The van der Waals surface area contributed by atoms with E-state index in [1.54, 1.807) is 12.2 Å². The highest BCUT2D eigenvalue weighted by atomic mass is 16.4. The summed E-state index contributed by atoms with van der Waals surface area (Å²) in [7, 11) is 0. The van der Waals surface area contributed by atoms with Crippen LogP contribution in [0.2, 0.25) is 0 Å². The molecule has 0 fully saturated rings. The van der Waals surface area contributed by atoms with Crippen molar-refractivity contribution in [3.8, 4) is 0 Å². The topological polar surface area (TPSA) is 77.8 Å². The monoisotopic (exact) mass is 334 g/mol. The molecular formula is C20H30O4. The molecule has 4 heteroatoms. The molecule has 0 rings (SSSR count). The average molecular weight is 334 g/mol. The first kappa shape index (κ1) is 22.1. The molecule has 2 atom stereocenters.